The number of fused-ring (bicyclic) bond motifs is 1. The normalized spacial score (nSPS) is 20.4. The number of nitrogens with one attached hydrogen (secondary N) is 1. The van der Waals surface area contributed by atoms with Gasteiger partial charge >= 0.3 is 0 Å². The summed E-state index contributed by atoms with van der Waals surface area (Å²) >= 11 is 0. The van der Waals surface area contributed by atoms with E-state index in [4.69, 9.17) is 14.2 Å². The van der Waals surface area contributed by atoms with E-state index in [1.54, 1.807) is 7.11 Å². The summed E-state index contributed by atoms with van der Waals surface area (Å²) in [5.41, 5.74) is 4.32. The summed E-state index contributed by atoms with van der Waals surface area (Å²) in [6.45, 7) is 14.1. The van der Waals surface area contributed by atoms with Gasteiger partial charge in [-0.1, -0.05) is 57.2 Å². The number of hydrogen-bond acceptors (Lipinski definition) is 4. The van der Waals surface area contributed by atoms with Gasteiger partial charge in [-0.2, -0.15) is 0 Å². The summed E-state index contributed by atoms with van der Waals surface area (Å²) in [6, 6.07) is 15.0. The Morgan fingerprint density at radius 1 is 1.10 bits per heavy atom. The number of benzene rings is 2. The fourth-order valence-corrected chi connectivity index (χ4v) is 3.96. The van der Waals surface area contributed by atoms with Crippen LogP contribution in [0.15, 0.2) is 54.6 Å². The van der Waals surface area contributed by atoms with Crippen molar-refractivity contribution in [1.29, 1.82) is 0 Å². The maximum absolute atomic E-state index is 6.30. The molecule has 1 aliphatic heterocycles. The standard InChI is InChI=1S/C27H37NO3/c1-8-9-16-30-25-24(29-7)22-17-21(14-15-23(22)31-27(25,5)6)28-18-19-10-12-20(13-11-19)26(2,3)4/h8-15,17,24-25,28H,16,18H2,1-7H3/b9-8+. The van der Waals surface area contributed by atoms with E-state index in [-0.39, 0.29) is 17.6 Å². The van der Waals surface area contributed by atoms with Crippen LogP contribution in [-0.4, -0.2) is 25.4 Å². The first kappa shape index (κ1) is 23.4. The summed E-state index contributed by atoms with van der Waals surface area (Å²) < 4.78 is 18.4. The first-order valence-corrected chi connectivity index (χ1v) is 11.1. The van der Waals surface area contributed by atoms with Crippen molar-refractivity contribution in [3.05, 3.63) is 71.3 Å². The Labute approximate surface area is 187 Å². The zero-order chi connectivity index (χ0) is 22.6. The number of hydrogen-bond donors (Lipinski definition) is 1. The molecule has 0 saturated carbocycles. The molecule has 2 atom stereocenters. The predicted molar refractivity (Wildman–Crippen MR) is 128 cm³/mol. The van der Waals surface area contributed by atoms with Crippen LogP contribution in [0.2, 0.25) is 0 Å². The minimum atomic E-state index is -0.487. The highest BCUT2D eigenvalue weighted by Crippen LogP contribution is 2.44. The highest BCUT2D eigenvalue weighted by molar-refractivity contribution is 5.54. The van der Waals surface area contributed by atoms with Crippen LogP contribution in [0.3, 0.4) is 0 Å². The van der Waals surface area contributed by atoms with Crippen LogP contribution < -0.4 is 10.1 Å². The minimum Gasteiger partial charge on any atom is -0.485 e. The molecular weight excluding hydrogens is 386 g/mol. The van der Waals surface area contributed by atoms with E-state index in [0.29, 0.717) is 6.61 Å². The van der Waals surface area contributed by atoms with Crippen molar-refractivity contribution in [3.8, 4) is 5.75 Å². The fraction of sp³-hybridized carbons (Fsp3) is 0.481. The highest BCUT2D eigenvalue weighted by atomic mass is 16.6. The van der Waals surface area contributed by atoms with Crippen molar-refractivity contribution in [3.63, 3.8) is 0 Å². The SMILES string of the molecule is C/C=C/COC1C(OC)c2cc(NCc3ccc(C(C)(C)C)cc3)ccc2OC1(C)C. The summed E-state index contributed by atoms with van der Waals surface area (Å²) in [7, 11) is 1.73. The summed E-state index contributed by atoms with van der Waals surface area (Å²) in [6.07, 6.45) is 3.59. The van der Waals surface area contributed by atoms with E-state index in [1.165, 1.54) is 11.1 Å². The molecule has 0 fully saturated rings. The van der Waals surface area contributed by atoms with Crippen molar-refractivity contribution in [1.82, 2.24) is 0 Å². The molecule has 0 radical (unpaired) electrons. The number of ether oxygens (including phenoxy) is 3. The third-order valence-corrected chi connectivity index (χ3v) is 5.83. The smallest absolute Gasteiger partial charge is 0.132 e. The van der Waals surface area contributed by atoms with Crippen LogP contribution in [0, 0.1) is 0 Å². The van der Waals surface area contributed by atoms with Crippen LogP contribution in [0.25, 0.3) is 0 Å². The van der Waals surface area contributed by atoms with Gasteiger partial charge in [0.2, 0.25) is 0 Å². The first-order chi connectivity index (χ1) is 14.7. The molecule has 2 unspecified atom stereocenters. The van der Waals surface area contributed by atoms with E-state index in [9.17, 15) is 0 Å². The van der Waals surface area contributed by atoms with E-state index in [1.807, 2.05) is 25.1 Å². The van der Waals surface area contributed by atoms with E-state index < -0.39 is 5.60 Å². The fourth-order valence-electron chi connectivity index (χ4n) is 3.96. The van der Waals surface area contributed by atoms with Crippen molar-refractivity contribution >= 4 is 5.69 Å². The molecule has 0 bridgehead atoms. The van der Waals surface area contributed by atoms with Gasteiger partial charge in [-0.3, -0.25) is 0 Å². The number of rotatable bonds is 7. The molecule has 0 amide bonds. The molecule has 2 aromatic carbocycles. The molecule has 2 aromatic rings. The second-order valence-electron chi connectivity index (χ2n) is 9.74. The quantitative estimate of drug-likeness (QED) is 0.522. The zero-order valence-corrected chi connectivity index (χ0v) is 20.0. The molecule has 168 valence electrons. The molecule has 1 N–H and O–H groups in total. The van der Waals surface area contributed by atoms with Crippen LogP contribution in [0.5, 0.6) is 5.75 Å². The lowest BCUT2D eigenvalue weighted by molar-refractivity contribution is -0.148. The molecule has 4 heteroatoms. The van der Waals surface area contributed by atoms with Gasteiger partial charge in [0.25, 0.3) is 0 Å². The monoisotopic (exact) mass is 423 g/mol. The molecule has 1 heterocycles. The second-order valence-corrected chi connectivity index (χ2v) is 9.74. The Balaban J connectivity index is 1.76. The van der Waals surface area contributed by atoms with E-state index in [0.717, 1.165) is 23.5 Å². The maximum Gasteiger partial charge on any atom is 0.132 e. The lowest BCUT2D eigenvalue weighted by atomic mass is 9.87. The molecule has 0 aromatic heterocycles. The van der Waals surface area contributed by atoms with Gasteiger partial charge in [0.15, 0.2) is 0 Å². The Morgan fingerprint density at radius 2 is 1.81 bits per heavy atom. The Morgan fingerprint density at radius 3 is 2.42 bits per heavy atom. The lowest BCUT2D eigenvalue weighted by Gasteiger charge is -2.43. The number of allylic oxidation sites excluding steroid dienone is 1. The molecular formula is C27H37NO3. The predicted octanol–water partition coefficient (Wildman–Crippen LogP) is 6.42. The lowest BCUT2D eigenvalue weighted by Crippen LogP contribution is -2.50. The molecule has 1 aliphatic rings. The third kappa shape index (κ3) is 5.50. The van der Waals surface area contributed by atoms with Crippen molar-refractivity contribution < 1.29 is 14.2 Å². The molecule has 0 aliphatic carbocycles. The van der Waals surface area contributed by atoms with Crippen molar-refractivity contribution in [2.24, 2.45) is 0 Å². The van der Waals surface area contributed by atoms with E-state index in [2.05, 4.69) is 76.3 Å². The maximum atomic E-state index is 6.30. The third-order valence-electron chi connectivity index (χ3n) is 5.83. The average Bonchev–Trinajstić information content (AvgIpc) is 2.72. The Bertz CT molecular complexity index is 894. The largest absolute Gasteiger partial charge is 0.485 e. The van der Waals surface area contributed by atoms with Gasteiger partial charge in [-0.05, 0) is 55.5 Å². The van der Waals surface area contributed by atoms with Gasteiger partial charge in [0.1, 0.15) is 23.6 Å². The average molecular weight is 424 g/mol. The molecule has 3 rings (SSSR count). The van der Waals surface area contributed by atoms with Crippen molar-refractivity contribution in [2.75, 3.05) is 19.0 Å². The van der Waals surface area contributed by atoms with Gasteiger partial charge in [-0.25, -0.2) is 0 Å². The van der Waals surface area contributed by atoms with E-state index >= 15 is 0 Å². The Hall–Kier alpha value is -2.30. The molecule has 31 heavy (non-hydrogen) atoms. The van der Waals surface area contributed by atoms with Gasteiger partial charge in [-0.15, -0.1) is 0 Å². The Kier molecular flexibility index (Phi) is 7.13. The first-order valence-electron chi connectivity index (χ1n) is 11.1. The highest BCUT2D eigenvalue weighted by Gasteiger charge is 2.45. The summed E-state index contributed by atoms with van der Waals surface area (Å²) in [4.78, 5) is 0. The van der Waals surface area contributed by atoms with Crippen molar-refractivity contribution in [2.45, 2.75) is 71.3 Å². The van der Waals surface area contributed by atoms with Crippen LogP contribution in [0.4, 0.5) is 5.69 Å². The minimum absolute atomic E-state index is 0.166. The van der Waals surface area contributed by atoms with Crippen LogP contribution >= 0.6 is 0 Å². The molecule has 0 saturated heterocycles. The topological polar surface area (TPSA) is 39.7 Å². The van der Waals surface area contributed by atoms with Crippen LogP contribution in [-0.2, 0) is 21.4 Å². The van der Waals surface area contributed by atoms with Gasteiger partial charge in [0.05, 0.1) is 6.61 Å². The summed E-state index contributed by atoms with van der Waals surface area (Å²) in [5.74, 6) is 0.850. The number of anilines is 1. The summed E-state index contributed by atoms with van der Waals surface area (Å²) in [5, 5.41) is 3.54. The zero-order valence-electron chi connectivity index (χ0n) is 20.0. The number of methoxy groups -OCH3 is 1. The second kappa shape index (κ2) is 9.46. The van der Waals surface area contributed by atoms with Gasteiger partial charge in [0, 0.05) is 24.9 Å². The van der Waals surface area contributed by atoms with Gasteiger partial charge < -0.3 is 19.5 Å². The van der Waals surface area contributed by atoms with Crippen LogP contribution in [0.1, 0.15) is 64.3 Å². The molecule has 4 nitrogen and oxygen atoms in total. The molecule has 0 spiro atoms.